The van der Waals surface area contributed by atoms with Crippen LogP contribution in [0, 0.1) is 0 Å². The molecule has 0 aliphatic heterocycles. The molecular weight excluding hydrogens is 285 g/mol. The van der Waals surface area contributed by atoms with Crippen LogP contribution in [0.4, 0.5) is 24.5 Å². The van der Waals surface area contributed by atoms with Crippen LogP contribution in [-0.2, 0) is 14.8 Å². The molecule has 0 radical (unpaired) electrons. The Morgan fingerprint density at radius 3 is 2.05 bits per heavy atom. The standard InChI is InChI=1S/C10H9F3N2O3S/c1-2-9(16)14-7-3-5-8(6-4-7)15-19(17,18)10(11,12)13/h2-6,15H,1H2,(H,14,16). The third-order valence-electron chi connectivity index (χ3n) is 1.89. The van der Waals surface area contributed by atoms with E-state index in [9.17, 15) is 26.4 Å². The summed E-state index contributed by atoms with van der Waals surface area (Å²) in [6.07, 6.45) is 1.01. The minimum absolute atomic E-state index is 0.270. The molecule has 0 aliphatic carbocycles. The molecule has 0 unspecified atom stereocenters. The highest BCUT2D eigenvalue weighted by Gasteiger charge is 2.45. The van der Waals surface area contributed by atoms with Crippen LogP contribution in [0.5, 0.6) is 0 Å². The average Bonchev–Trinajstić information content (AvgIpc) is 2.29. The SMILES string of the molecule is C=CC(=O)Nc1ccc(NS(=O)(=O)C(F)(F)F)cc1. The van der Waals surface area contributed by atoms with Gasteiger partial charge in [-0.05, 0) is 30.3 Å². The fourth-order valence-corrected chi connectivity index (χ4v) is 1.59. The van der Waals surface area contributed by atoms with Crippen LogP contribution in [-0.4, -0.2) is 19.8 Å². The number of anilines is 2. The number of alkyl halides is 3. The van der Waals surface area contributed by atoms with Gasteiger partial charge in [-0.2, -0.15) is 21.6 Å². The zero-order valence-electron chi connectivity index (χ0n) is 9.36. The Kier molecular flexibility index (Phi) is 4.20. The van der Waals surface area contributed by atoms with E-state index in [1.165, 1.54) is 16.9 Å². The highest BCUT2D eigenvalue weighted by molar-refractivity contribution is 7.93. The van der Waals surface area contributed by atoms with E-state index >= 15 is 0 Å². The molecule has 19 heavy (non-hydrogen) atoms. The first-order chi connectivity index (χ1) is 8.65. The van der Waals surface area contributed by atoms with Gasteiger partial charge >= 0.3 is 15.5 Å². The molecule has 0 fully saturated rings. The van der Waals surface area contributed by atoms with E-state index in [4.69, 9.17) is 0 Å². The van der Waals surface area contributed by atoms with Crippen LogP contribution < -0.4 is 10.0 Å². The van der Waals surface area contributed by atoms with E-state index in [0.717, 1.165) is 18.2 Å². The maximum Gasteiger partial charge on any atom is 0.516 e. The number of nitrogens with one attached hydrogen (secondary N) is 2. The van der Waals surface area contributed by atoms with Crippen molar-refractivity contribution in [2.75, 3.05) is 10.0 Å². The first-order valence-electron chi connectivity index (χ1n) is 4.78. The second kappa shape index (κ2) is 5.31. The summed E-state index contributed by atoms with van der Waals surface area (Å²) in [6, 6.07) is 4.66. The number of carbonyl (C=O) groups is 1. The smallest absolute Gasteiger partial charge is 0.323 e. The summed E-state index contributed by atoms with van der Waals surface area (Å²) >= 11 is 0. The molecule has 1 aromatic rings. The fraction of sp³-hybridized carbons (Fsp3) is 0.100. The summed E-state index contributed by atoms with van der Waals surface area (Å²) in [5, 5.41) is 2.36. The molecule has 0 aliphatic rings. The van der Waals surface area contributed by atoms with Gasteiger partial charge in [0.1, 0.15) is 0 Å². The van der Waals surface area contributed by atoms with Crippen molar-refractivity contribution in [2.24, 2.45) is 0 Å². The number of hydrogen-bond acceptors (Lipinski definition) is 3. The van der Waals surface area contributed by atoms with Crippen molar-refractivity contribution in [1.29, 1.82) is 0 Å². The van der Waals surface area contributed by atoms with Gasteiger partial charge in [0.25, 0.3) is 0 Å². The van der Waals surface area contributed by atoms with Gasteiger partial charge in [-0.15, -0.1) is 0 Å². The Morgan fingerprint density at radius 1 is 1.16 bits per heavy atom. The number of benzene rings is 1. The molecule has 2 N–H and O–H groups in total. The van der Waals surface area contributed by atoms with Gasteiger partial charge < -0.3 is 5.32 Å². The van der Waals surface area contributed by atoms with Crippen molar-refractivity contribution in [3.63, 3.8) is 0 Å². The maximum atomic E-state index is 12.1. The highest BCUT2D eigenvalue weighted by Crippen LogP contribution is 2.25. The molecule has 0 bridgehead atoms. The average molecular weight is 294 g/mol. The Morgan fingerprint density at radius 2 is 1.63 bits per heavy atom. The lowest BCUT2D eigenvalue weighted by Gasteiger charge is -2.11. The molecule has 0 spiro atoms. The Balaban J connectivity index is 2.84. The maximum absolute atomic E-state index is 12.1. The number of halogens is 3. The first-order valence-corrected chi connectivity index (χ1v) is 6.26. The van der Waals surface area contributed by atoms with E-state index in [0.29, 0.717) is 5.69 Å². The van der Waals surface area contributed by atoms with E-state index in [2.05, 4.69) is 11.9 Å². The number of rotatable bonds is 4. The third-order valence-corrected chi connectivity index (χ3v) is 3.01. The van der Waals surface area contributed by atoms with Crippen molar-refractivity contribution in [1.82, 2.24) is 0 Å². The lowest BCUT2D eigenvalue weighted by molar-refractivity contribution is -0.111. The summed E-state index contributed by atoms with van der Waals surface area (Å²) in [5.74, 6) is -0.497. The third kappa shape index (κ3) is 3.98. The molecule has 0 atom stereocenters. The molecule has 104 valence electrons. The monoisotopic (exact) mass is 294 g/mol. The molecule has 1 aromatic carbocycles. The molecule has 9 heteroatoms. The van der Waals surface area contributed by atoms with Crippen LogP contribution in [0.15, 0.2) is 36.9 Å². The lowest BCUT2D eigenvalue weighted by atomic mass is 10.3. The summed E-state index contributed by atoms with van der Waals surface area (Å²) in [4.78, 5) is 10.9. The topological polar surface area (TPSA) is 75.3 Å². The number of hydrogen-bond donors (Lipinski definition) is 2. The molecule has 1 rings (SSSR count). The largest absolute Gasteiger partial charge is 0.516 e. The minimum atomic E-state index is -5.44. The Hall–Kier alpha value is -2.03. The first kappa shape index (κ1) is 15.0. The van der Waals surface area contributed by atoms with Crippen LogP contribution >= 0.6 is 0 Å². The summed E-state index contributed by atoms with van der Waals surface area (Å²) < 4.78 is 59.3. The van der Waals surface area contributed by atoms with Gasteiger partial charge in [-0.1, -0.05) is 6.58 Å². The van der Waals surface area contributed by atoms with Gasteiger partial charge in [-0.25, -0.2) is 0 Å². The lowest BCUT2D eigenvalue weighted by Crippen LogP contribution is -2.29. The van der Waals surface area contributed by atoms with Gasteiger partial charge in [0.2, 0.25) is 5.91 Å². The van der Waals surface area contributed by atoms with Crippen LogP contribution in [0.2, 0.25) is 0 Å². The van der Waals surface area contributed by atoms with Crippen molar-refractivity contribution in [2.45, 2.75) is 5.51 Å². The van der Waals surface area contributed by atoms with Crippen LogP contribution in [0.3, 0.4) is 0 Å². The van der Waals surface area contributed by atoms with E-state index in [1.54, 1.807) is 0 Å². The second-order valence-electron chi connectivity index (χ2n) is 3.32. The zero-order valence-corrected chi connectivity index (χ0v) is 10.2. The molecule has 0 heterocycles. The minimum Gasteiger partial charge on any atom is -0.323 e. The zero-order chi connectivity index (χ0) is 14.7. The summed E-state index contributed by atoms with van der Waals surface area (Å²) in [6.45, 7) is 3.22. The number of carbonyl (C=O) groups excluding carboxylic acids is 1. The van der Waals surface area contributed by atoms with Crippen molar-refractivity contribution in [3.8, 4) is 0 Å². The van der Waals surface area contributed by atoms with Crippen molar-refractivity contribution < 1.29 is 26.4 Å². The van der Waals surface area contributed by atoms with Crippen LogP contribution in [0.25, 0.3) is 0 Å². The molecule has 1 amide bonds. The molecule has 0 saturated carbocycles. The van der Waals surface area contributed by atoms with Gasteiger partial charge in [0.15, 0.2) is 0 Å². The van der Waals surface area contributed by atoms with Crippen molar-refractivity contribution >= 4 is 27.3 Å². The normalized spacial score (nSPS) is 11.7. The quantitative estimate of drug-likeness (QED) is 0.835. The summed E-state index contributed by atoms with van der Waals surface area (Å²) in [7, 11) is -5.44. The van der Waals surface area contributed by atoms with Crippen LogP contribution in [0.1, 0.15) is 0 Å². The molecule has 0 saturated heterocycles. The highest BCUT2D eigenvalue weighted by atomic mass is 32.2. The predicted octanol–water partition coefficient (Wildman–Crippen LogP) is 2.07. The molecule has 5 nitrogen and oxygen atoms in total. The number of sulfonamides is 1. The number of amides is 1. The Bertz CT molecular complexity index is 579. The van der Waals surface area contributed by atoms with E-state index in [1.807, 2.05) is 0 Å². The second-order valence-corrected chi connectivity index (χ2v) is 5.00. The molecular formula is C10H9F3N2O3S. The Labute approximate surface area is 107 Å². The van der Waals surface area contributed by atoms with Gasteiger partial charge in [0.05, 0.1) is 0 Å². The van der Waals surface area contributed by atoms with E-state index < -0.39 is 21.4 Å². The predicted molar refractivity (Wildman–Crippen MR) is 63.9 cm³/mol. The van der Waals surface area contributed by atoms with E-state index in [-0.39, 0.29) is 5.69 Å². The fourth-order valence-electron chi connectivity index (χ4n) is 1.03. The molecule has 0 aromatic heterocycles. The summed E-state index contributed by atoms with van der Waals surface area (Å²) in [5.41, 5.74) is -5.36. The van der Waals surface area contributed by atoms with Gasteiger partial charge in [0, 0.05) is 11.4 Å². The van der Waals surface area contributed by atoms with Gasteiger partial charge in [-0.3, -0.25) is 9.52 Å². The van der Waals surface area contributed by atoms with Crippen molar-refractivity contribution in [3.05, 3.63) is 36.9 Å².